The van der Waals surface area contributed by atoms with E-state index in [2.05, 4.69) is 26.9 Å². The molecule has 0 bridgehead atoms. The molecular formula is C20H22N4O. The van der Waals surface area contributed by atoms with Crippen LogP contribution in [0.4, 0.5) is 0 Å². The zero-order chi connectivity index (χ0) is 16.9. The number of hydrogen-bond donors (Lipinski definition) is 1. The van der Waals surface area contributed by atoms with Gasteiger partial charge in [-0.15, -0.1) is 0 Å². The quantitative estimate of drug-likeness (QED) is 0.776. The average Bonchev–Trinajstić information content (AvgIpc) is 3.12. The Morgan fingerprint density at radius 2 is 2.20 bits per heavy atom. The second kappa shape index (κ2) is 5.55. The van der Waals surface area contributed by atoms with Gasteiger partial charge in [-0.1, -0.05) is 6.92 Å². The highest BCUT2D eigenvalue weighted by atomic mass is 16.5. The minimum Gasteiger partial charge on any atom is -0.492 e. The maximum atomic E-state index is 6.28. The molecule has 5 rings (SSSR count). The minimum absolute atomic E-state index is 0.654. The maximum Gasteiger partial charge on any atom is 0.141 e. The fraction of sp³-hybridized carbons (Fsp3) is 0.450. The molecule has 0 aromatic carbocycles. The van der Waals surface area contributed by atoms with Crippen molar-refractivity contribution in [3.63, 3.8) is 0 Å². The predicted molar refractivity (Wildman–Crippen MR) is 96.2 cm³/mol. The van der Waals surface area contributed by atoms with Gasteiger partial charge in [-0.2, -0.15) is 0 Å². The summed E-state index contributed by atoms with van der Waals surface area (Å²) in [6.45, 7) is 3.23. The van der Waals surface area contributed by atoms with Crippen LogP contribution in [0.5, 0.6) is 5.75 Å². The third-order valence-corrected chi connectivity index (χ3v) is 6.16. The molecule has 0 radical (unpaired) electrons. The molecular weight excluding hydrogens is 312 g/mol. The monoisotopic (exact) mass is 334 g/mol. The lowest BCUT2D eigenvalue weighted by Gasteiger charge is -2.25. The van der Waals surface area contributed by atoms with Crippen LogP contribution in [0, 0.1) is 17.3 Å². The Balaban J connectivity index is 1.40. The van der Waals surface area contributed by atoms with Gasteiger partial charge in [-0.25, -0.2) is 15.0 Å². The summed E-state index contributed by atoms with van der Waals surface area (Å²) >= 11 is 0. The van der Waals surface area contributed by atoms with Crippen molar-refractivity contribution in [3.8, 4) is 16.9 Å². The van der Waals surface area contributed by atoms with Gasteiger partial charge in [0.05, 0.1) is 12.0 Å². The molecule has 2 aliphatic rings. The van der Waals surface area contributed by atoms with E-state index < -0.39 is 0 Å². The Morgan fingerprint density at radius 3 is 3.04 bits per heavy atom. The molecule has 5 nitrogen and oxygen atoms in total. The highest BCUT2D eigenvalue weighted by molar-refractivity contribution is 5.97. The number of aromatic nitrogens is 4. The number of rotatable bonds is 4. The lowest BCUT2D eigenvalue weighted by Crippen LogP contribution is -2.20. The van der Waals surface area contributed by atoms with Crippen LogP contribution in [-0.2, 0) is 0 Å². The third-order valence-electron chi connectivity index (χ3n) is 6.16. The number of H-pyrrole nitrogens is 1. The molecule has 25 heavy (non-hydrogen) atoms. The van der Waals surface area contributed by atoms with E-state index in [0.717, 1.165) is 40.4 Å². The van der Waals surface area contributed by atoms with E-state index in [4.69, 9.17) is 4.74 Å². The van der Waals surface area contributed by atoms with E-state index in [9.17, 15) is 0 Å². The minimum atomic E-state index is 0.654. The molecule has 3 aromatic heterocycles. The zero-order valence-electron chi connectivity index (χ0n) is 14.4. The number of aromatic amines is 1. The molecule has 2 fully saturated rings. The number of fused-ring (bicyclic) bond motifs is 2. The first kappa shape index (κ1) is 14.9. The molecule has 128 valence electrons. The van der Waals surface area contributed by atoms with Gasteiger partial charge in [0.1, 0.15) is 17.7 Å². The van der Waals surface area contributed by atoms with Crippen LogP contribution in [0.2, 0.25) is 0 Å². The zero-order valence-corrected chi connectivity index (χ0v) is 14.4. The van der Waals surface area contributed by atoms with Gasteiger partial charge in [0.2, 0.25) is 0 Å². The Bertz CT molecular complexity index is 906. The molecule has 3 heterocycles. The highest BCUT2D eigenvalue weighted by Gasteiger charge is 2.52. The van der Waals surface area contributed by atoms with Crippen LogP contribution in [-0.4, -0.2) is 26.5 Å². The summed E-state index contributed by atoms with van der Waals surface area (Å²) < 4.78 is 6.28. The molecule has 1 unspecified atom stereocenters. The van der Waals surface area contributed by atoms with E-state index in [-0.39, 0.29) is 0 Å². The highest BCUT2D eigenvalue weighted by Crippen LogP contribution is 2.62. The van der Waals surface area contributed by atoms with Crippen LogP contribution in [0.3, 0.4) is 0 Å². The van der Waals surface area contributed by atoms with E-state index in [1.165, 1.54) is 25.7 Å². The first-order valence-corrected chi connectivity index (χ1v) is 9.07. The van der Waals surface area contributed by atoms with Gasteiger partial charge in [0.15, 0.2) is 0 Å². The number of pyridine rings is 1. The van der Waals surface area contributed by atoms with Crippen molar-refractivity contribution in [2.24, 2.45) is 17.3 Å². The molecule has 2 saturated carbocycles. The standard InChI is InChI=1S/C20H22N4O/c1-20-4-2-13(6-15(20)7-20)11-25-17-3-5-23-19-18(17)16(10-24-19)14-8-21-12-22-9-14/h3,5,8-10,12-13,15H,2,4,6-7,11H2,1H3,(H,23,24)/t13-,15?,20+/m0/s1. The number of nitrogens with one attached hydrogen (secondary N) is 1. The van der Waals surface area contributed by atoms with Gasteiger partial charge in [0, 0.05) is 35.9 Å². The fourth-order valence-corrected chi connectivity index (χ4v) is 4.40. The Hall–Kier alpha value is -2.43. The summed E-state index contributed by atoms with van der Waals surface area (Å²) in [4.78, 5) is 15.9. The number of nitrogens with zero attached hydrogens (tertiary/aromatic N) is 3. The SMILES string of the molecule is C[C@]12CC[C@H](COc3ccnc4[nH]cc(-c5cncnc5)c34)CC1C2. The average molecular weight is 334 g/mol. The summed E-state index contributed by atoms with van der Waals surface area (Å²) in [6, 6.07) is 1.97. The lowest BCUT2D eigenvalue weighted by atomic mass is 9.83. The smallest absolute Gasteiger partial charge is 0.141 e. The topological polar surface area (TPSA) is 63.7 Å². The maximum absolute atomic E-state index is 6.28. The predicted octanol–water partition coefficient (Wildman–Crippen LogP) is 4.23. The van der Waals surface area contributed by atoms with Crippen LogP contribution in [0.1, 0.15) is 32.6 Å². The van der Waals surface area contributed by atoms with Crippen molar-refractivity contribution in [2.45, 2.75) is 32.6 Å². The summed E-state index contributed by atoms with van der Waals surface area (Å²) in [5.74, 6) is 2.50. The van der Waals surface area contributed by atoms with E-state index >= 15 is 0 Å². The first-order chi connectivity index (χ1) is 12.2. The second-order valence-corrected chi connectivity index (χ2v) is 7.87. The molecule has 5 heteroatoms. The van der Waals surface area contributed by atoms with Gasteiger partial charge in [-0.05, 0) is 49.0 Å². The van der Waals surface area contributed by atoms with Gasteiger partial charge >= 0.3 is 0 Å². The van der Waals surface area contributed by atoms with E-state index in [0.29, 0.717) is 11.3 Å². The van der Waals surface area contributed by atoms with Crippen molar-refractivity contribution in [2.75, 3.05) is 6.61 Å². The van der Waals surface area contributed by atoms with Crippen molar-refractivity contribution >= 4 is 11.0 Å². The van der Waals surface area contributed by atoms with Crippen LogP contribution in [0.25, 0.3) is 22.2 Å². The van der Waals surface area contributed by atoms with Gasteiger partial charge in [-0.3, -0.25) is 0 Å². The summed E-state index contributed by atoms with van der Waals surface area (Å²) in [7, 11) is 0. The summed E-state index contributed by atoms with van der Waals surface area (Å²) in [5.41, 5.74) is 3.51. The molecule has 0 amide bonds. The molecule has 2 aliphatic carbocycles. The molecule has 0 spiro atoms. The number of hydrogen-bond acceptors (Lipinski definition) is 4. The molecule has 0 aliphatic heterocycles. The molecule has 1 N–H and O–H groups in total. The Morgan fingerprint density at radius 1 is 1.32 bits per heavy atom. The van der Waals surface area contributed by atoms with Crippen molar-refractivity contribution < 1.29 is 4.74 Å². The van der Waals surface area contributed by atoms with Gasteiger partial charge in [0.25, 0.3) is 0 Å². The Labute approximate surface area is 146 Å². The molecule has 3 aromatic rings. The van der Waals surface area contributed by atoms with Gasteiger partial charge < -0.3 is 9.72 Å². The van der Waals surface area contributed by atoms with Crippen molar-refractivity contribution in [3.05, 3.63) is 37.2 Å². The molecule has 3 atom stereocenters. The fourth-order valence-electron chi connectivity index (χ4n) is 4.40. The molecule has 0 saturated heterocycles. The largest absolute Gasteiger partial charge is 0.492 e. The van der Waals surface area contributed by atoms with Crippen LogP contribution < -0.4 is 4.74 Å². The lowest BCUT2D eigenvalue weighted by molar-refractivity contribution is 0.185. The van der Waals surface area contributed by atoms with Crippen molar-refractivity contribution in [1.82, 2.24) is 19.9 Å². The van der Waals surface area contributed by atoms with Crippen LogP contribution >= 0.6 is 0 Å². The summed E-state index contributed by atoms with van der Waals surface area (Å²) in [6.07, 6.45) is 14.3. The van der Waals surface area contributed by atoms with E-state index in [1.54, 1.807) is 12.5 Å². The van der Waals surface area contributed by atoms with Crippen molar-refractivity contribution in [1.29, 1.82) is 0 Å². The second-order valence-electron chi connectivity index (χ2n) is 7.87. The van der Waals surface area contributed by atoms with E-state index in [1.807, 2.05) is 24.7 Å². The van der Waals surface area contributed by atoms with Crippen LogP contribution in [0.15, 0.2) is 37.2 Å². The summed E-state index contributed by atoms with van der Waals surface area (Å²) in [5, 5.41) is 1.02. The third kappa shape index (κ3) is 2.58. The Kier molecular flexibility index (Phi) is 3.30. The first-order valence-electron chi connectivity index (χ1n) is 9.07. The normalized spacial score (nSPS) is 27.9. The number of ether oxygens (including phenoxy) is 1.